The smallest absolute Gasteiger partial charge is 0.140 e. The molecule has 0 aromatic rings. The van der Waals surface area contributed by atoms with Gasteiger partial charge >= 0.3 is 0 Å². The van der Waals surface area contributed by atoms with Crippen LogP contribution in [0, 0.1) is 5.92 Å². The highest BCUT2D eigenvalue weighted by atomic mass is 16.4. The third kappa shape index (κ3) is 3.09. The summed E-state index contributed by atoms with van der Waals surface area (Å²) in [5.74, 6) is 1.27. The summed E-state index contributed by atoms with van der Waals surface area (Å²) < 4.78 is 0. The van der Waals surface area contributed by atoms with Crippen LogP contribution in [0.3, 0.4) is 0 Å². The van der Waals surface area contributed by atoms with Crippen LogP contribution >= 0.6 is 0 Å². The first-order valence-corrected chi connectivity index (χ1v) is 5.93. The first kappa shape index (κ1) is 10.7. The summed E-state index contributed by atoms with van der Waals surface area (Å²) in [6, 6.07) is 1.18. The molecular formula is C11H21N3O. The van der Waals surface area contributed by atoms with Gasteiger partial charge in [-0.3, -0.25) is 4.90 Å². The number of nitrogens with zero attached hydrogens (tertiary/aromatic N) is 2. The zero-order valence-corrected chi connectivity index (χ0v) is 9.39. The Bertz CT molecular complexity index is 246. The van der Waals surface area contributed by atoms with Crippen molar-refractivity contribution >= 4 is 5.84 Å². The molecule has 0 aliphatic heterocycles. The van der Waals surface area contributed by atoms with Gasteiger partial charge in [0.25, 0.3) is 0 Å². The molecule has 0 saturated heterocycles. The molecular weight excluding hydrogens is 190 g/mol. The highest BCUT2D eigenvalue weighted by molar-refractivity contribution is 5.80. The van der Waals surface area contributed by atoms with Gasteiger partial charge in [0.1, 0.15) is 5.84 Å². The quantitative estimate of drug-likeness (QED) is 0.302. The van der Waals surface area contributed by atoms with Crippen molar-refractivity contribution in [2.45, 2.75) is 51.1 Å². The van der Waals surface area contributed by atoms with Crippen LogP contribution in [0.15, 0.2) is 5.16 Å². The molecule has 0 aromatic carbocycles. The standard InChI is InChI=1S/C11H21N3O/c1-8(6-11(12)13-15)14(10-4-5-10)7-9-2-3-9/h8-10,15H,2-7H2,1H3,(H2,12,13). The minimum absolute atomic E-state index is 0.351. The minimum atomic E-state index is 0.351. The Morgan fingerprint density at radius 1 is 1.47 bits per heavy atom. The molecule has 1 unspecified atom stereocenters. The highest BCUT2D eigenvalue weighted by Gasteiger charge is 2.36. The van der Waals surface area contributed by atoms with Crippen LogP contribution in [0.5, 0.6) is 0 Å². The maximum Gasteiger partial charge on any atom is 0.140 e. The number of amidine groups is 1. The third-order valence-electron chi connectivity index (χ3n) is 3.38. The lowest BCUT2D eigenvalue weighted by Gasteiger charge is -2.28. The molecule has 4 nitrogen and oxygen atoms in total. The van der Waals surface area contributed by atoms with Gasteiger partial charge in [0.15, 0.2) is 0 Å². The minimum Gasteiger partial charge on any atom is -0.409 e. The van der Waals surface area contributed by atoms with Gasteiger partial charge in [0.2, 0.25) is 0 Å². The van der Waals surface area contributed by atoms with Crippen molar-refractivity contribution in [3.05, 3.63) is 0 Å². The maximum absolute atomic E-state index is 8.56. The second-order valence-electron chi connectivity index (χ2n) is 5.02. The topological polar surface area (TPSA) is 61.9 Å². The molecule has 86 valence electrons. The van der Waals surface area contributed by atoms with E-state index in [1.54, 1.807) is 0 Å². The Morgan fingerprint density at radius 2 is 2.13 bits per heavy atom. The monoisotopic (exact) mass is 211 g/mol. The second-order valence-corrected chi connectivity index (χ2v) is 5.02. The maximum atomic E-state index is 8.56. The summed E-state index contributed by atoms with van der Waals surface area (Å²) in [6.45, 7) is 3.39. The molecule has 3 N–H and O–H groups in total. The van der Waals surface area contributed by atoms with Gasteiger partial charge in [-0.2, -0.15) is 0 Å². The normalized spacial score (nSPS) is 24.5. The van der Waals surface area contributed by atoms with Gasteiger partial charge in [-0.05, 0) is 38.5 Å². The molecule has 2 saturated carbocycles. The first-order chi connectivity index (χ1) is 7.20. The number of nitrogens with two attached hydrogens (primary N) is 1. The zero-order chi connectivity index (χ0) is 10.8. The van der Waals surface area contributed by atoms with E-state index in [4.69, 9.17) is 10.9 Å². The van der Waals surface area contributed by atoms with Crippen molar-refractivity contribution in [2.24, 2.45) is 16.8 Å². The summed E-state index contributed by atoms with van der Waals surface area (Å²) in [6.07, 6.45) is 6.11. The van der Waals surface area contributed by atoms with Crippen LogP contribution in [0.2, 0.25) is 0 Å². The fourth-order valence-electron chi connectivity index (χ4n) is 2.15. The van der Waals surface area contributed by atoms with E-state index >= 15 is 0 Å². The summed E-state index contributed by atoms with van der Waals surface area (Å²) in [4.78, 5) is 2.55. The number of rotatable bonds is 6. The fourth-order valence-corrected chi connectivity index (χ4v) is 2.15. The Morgan fingerprint density at radius 3 is 2.60 bits per heavy atom. The lowest BCUT2D eigenvalue weighted by atomic mass is 10.1. The Balaban J connectivity index is 1.84. The lowest BCUT2D eigenvalue weighted by molar-refractivity contribution is 0.192. The van der Waals surface area contributed by atoms with Crippen molar-refractivity contribution in [2.75, 3.05) is 6.54 Å². The molecule has 0 spiro atoms. The van der Waals surface area contributed by atoms with Crippen LogP contribution in [0.1, 0.15) is 39.0 Å². The molecule has 15 heavy (non-hydrogen) atoms. The van der Waals surface area contributed by atoms with Crippen LogP contribution in [-0.4, -0.2) is 34.6 Å². The summed E-state index contributed by atoms with van der Waals surface area (Å²) in [5, 5.41) is 11.6. The molecule has 4 heteroatoms. The molecule has 0 bridgehead atoms. The largest absolute Gasteiger partial charge is 0.409 e. The SMILES string of the molecule is CC(CC(N)=NO)N(CC1CC1)C1CC1. The van der Waals surface area contributed by atoms with E-state index in [2.05, 4.69) is 17.0 Å². The van der Waals surface area contributed by atoms with Gasteiger partial charge in [0, 0.05) is 25.0 Å². The van der Waals surface area contributed by atoms with E-state index in [9.17, 15) is 0 Å². The molecule has 2 aliphatic rings. The number of hydrogen-bond acceptors (Lipinski definition) is 3. The summed E-state index contributed by atoms with van der Waals surface area (Å²) in [5.41, 5.74) is 5.55. The van der Waals surface area contributed by atoms with Gasteiger partial charge < -0.3 is 10.9 Å². The predicted molar refractivity (Wildman–Crippen MR) is 59.9 cm³/mol. The van der Waals surface area contributed by atoms with E-state index in [1.165, 1.54) is 32.2 Å². The van der Waals surface area contributed by atoms with Crippen molar-refractivity contribution < 1.29 is 5.21 Å². The molecule has 2 fully saturated rings. The zero-order valence-electron chi connectivity index (χ0n) is 9.39. The van der Waals surface area contributed by atoms with Crippen molar-refractivity contribution in [1.29, 1.82) is 0 Å². The summed E-state index contributed by atoms with van der Waals surface area (Å²) >= 11 is 0. The lowest BCUT2D eigenvalue weighted by Crippen LogP contribution is -2.39. The molecule has 2 rings (SSSR count). The molecule has 0 heterocycles. The van der Waals surface area contributed by atoms with E-state index in [-0.39, 0.29) is 0 Å². The van der Waals surface area contributed by atoms with Crippen LogP contribution in [-0.2, 0) is 0 Å². The van der Waals surface area contributed by atoms with E-state index in [1.807, 2.05) is 0 Å². The Labute approximate surface area is 91.1 Å². The van der Waals surface area contributed by atoms with Gasteiger partial charge in [0.05, 0.1) is 0 Å². The van der Waals surface area contributed by atoms with E-state index in [0.717, 1.165) is 12.0 Å². The van der Waals surface area contributed by atoms with Crippen LogP contribution in [0.25, 0.3) is 0 Å². The molecule has 0 radical (unpaired) electrons. The molecule has 0 aromatic heterocycles. The molecule has 2 aliphatic carbocycles. The van der Waals surface area contributed by atoms with Crippen LogP contribution < -0.4 is 5.73 Å². The number of oxime groups is 1. The molecule has 1 atom stereocenters. The molecule has 0 amide bonds. The Kier molecular flexibility index (Phi) is 3.14. The summed E-state index contributed by atoms with van der Waals surface area (Å²) in [7, 11) is 0. The van der Waals surface area contributed by atoms with Crippen LogP contribution in [0.4, 0.5) is 0 Å². The number of hydrogen-bond donors (Lipinski definition) is 2. The van der Waals surface area contributed by atoms with E-state index < -0.39 is 0 Å². The highest BCUT2D eigenvalue weighted by Crippen LogP contribution is 2.36. The van der Waals surface area contributed by atoms with Crippen molar-refractivity contribution in [3.63, 3.8) is 0 Å². The third-order valence-corrected chi connectivity index (χ3v) is 3.38. The predicted octanol–water partition coefficient (Wildman–Crippen LogP) is 1.39. The first-order valence-electron chi connectivity index (χ1n) is 5.93. The van der Waals surface area contributed by atoms with Gasteiger partial charge in [-0.25, -0.2) is 0 Å². The Hall–Kier alpha value is -0.770. The fraction of sp³-hybridized carbons (Fsp3) is 0.909. The average Bonchev–Trinajstić information content (AvgIpc) is 3.04. The van der Waals surface area contributed by atoms with E-state index in [0.29, 0.717) is 18.3 Å². The van der Waals surface area contributed by atoms with Gasteiger partial charge in [-0.1, -0.05) is 5.16 Å². The van der Waals surface area contributed by atoms with Gasteiger partial charge in [-0.15, -0.1) is 0 Å². The van der Waals surface area contributed by atoms with Crippen molar-refractivity contribution in [3.8, 4) is 0 Å². The second kappa shape index (κ2) is 4.39. The van der Waals surface area contributed by atoms with Crippen molar-refractivity contribution in [1.82, 2.24) is 4.90 Å². The average molecular weight is 211 g/mol.